The predicted octanol–water partition coefficient (Wildman–Crippen LogP) is -1.20. The van der Waals surface area contributed by atoms with Crippen LogP contribution in [0.15, 0.2) is 0 Å². The van der Waals surface area contributed by atoms with E-state index in [0.717, 1.165) is 26.2 Å². The van der Waals surface area contributed by atoms with E-state index >= 15 is 0 Å². The second-order valence-corrected chi connectivity index (χ2v) is 3.83. The van der Waals surface area contributed by atoms with Crippen LogP contribution >= 0.6 is 0 Å². The highest BCUT2D eigenvalue weighted by atomic mass is 16.2. The van der Waals surface area contributed by atoms with Gasteiger partial charge in [0.2, 0.25) is 5.91 Å². The van der Waals surface area contributed by atoms with Crippen molar-refractivity contribution in [1.82, 2.24) is 15.5 Å². The molecule has 5 nitrogen and oxygen atoms in total. The summed E-state index contributed by atoms with van der Waals surface area (Å²) in [4.78, 5) is 24.5. The molecule has 1 fully saturated rings. The molecule has 1 atom stereocenters. The lowest BCUT2D eigenvalue weighted by Gasteiger charge is -2.29. The van der Waals surface area contributed by atoms with Gasteiger partial charge in [-0.05, 0) is 5.92 Å². The molecular formula is C11H17N3O2. The molecule has 1 heterocycles. The summed E-state index contributed by atoms with van der Waals surface area (Å²) < 4.78 is 0. The zero-order chi connectivity index (χ0) is 12.0. The molecule has 1 aliphatic heterocycles. The first-order valence-electron chi connectivity index (χ1n) is 5.39. The number of hydrogen-bond acceptors (Lipinski definition) is 3. The minimum atomic E-state index is -0.472. The highest BCUT2D eigenvalue weighted by molar-refractivity contribution is 5.93. The van der Waals surface area contributed by atoms with Crippen LogP contribution in [0.2, 0.25) is 0 Å². The van der Waals surface area contributed by atoms with Gasteiger partial charge in [0.05, 0.1) is 5.92 Å². The van der Waals surface area contributed by atoms with Gasteiger partial charge < -0.3 is 15.5 Å². The van der Waals surface area contributed by atoms with Crippen LogP contribution in [0.5, 0.6) is 0 Å². The van der Waals surface area contributed by atoms with Gasteiger partial charge in [0.25, 0.3) is 5.91 Å². The van der Waals surface area contributed by atoms with Crippen molar-refractivity contribution in [3.63, 3.8) is 0 Å². The second-order valence-electron chi connectivity index (χ2n) is 3.83. The summed E-state index contributed by atoms with van der Waals surface area (Å²) >= 11 is 0. The minimum absolute atomic E-state index is 0.0684. The van der Waals surface area contributed by atoms with Crippen LogP contribution < -0.4 is 10.6 Å². The number of carbonyl (C=O) groups excluding carboxylic acids is 2. The fourth-order valence-electron chi connectivity index (χ4n) is 1.58. The van der Waals surface area contributed by atoms with E-state index in [4.69, 9.17) is 6.42 Å². The Labute approximate surface area is 95.6 Å². The van der Waals surface area contributed by atoms with E-state index in [0.29, 0.717) is 6.54 Å². The Kier molecular flexibility index (Phi) is 4.80. The van der Waals surface area contributed by atoms with Gasteiger partial charge >= 0.3 is 0 Å². The van der Waals surface area contributed by atoms with Gasteiger partial charge in [0.1, 0.15) is 0 Å². The maximum absolute atomic E-state index is 11.9. The summed E-state index contributed by atoms with van der Waals surface area (Å²) in [6, 6.07) is 0. The first kappa shape index (κ1) is 12.5. The highest BCUT2D eigenvalue weighted by Crippen LogP contribution is 2.02. The molecule has 1 aliphatic rings. The van der Waals surface area contributed by atoms with E-state index in [1.807, 2.05) is 10.8 Å². The van der Waals surface area contributed by atoms with Gasteiger partial charge in [-0.1, -0.05) is 6.92 Å². The first-order valence-corrected chi connectivity index (χ1v) is 5.39. The molecule has 0 spiro atoms. The number of amides is 2. The molecule has 1 rings (SSSR count). The van der Waals surface area contributed by atoms with E-state index < -0.39 is 5.91 Å². The lowest BCUT2D eigenvalue weighted by atomic mass is 10.1. The molecule has 0 aliphatic carbocycles. The summed E-state index contributed by atoms with van der Waals surface area (Å²) in [6.07, 6.45) is 4.91. The number of hydrogen-bond donors (Lipinski definition) is 2. The lowest BCUT2D eigenvalue weighted by molar-refractivity contribution is -0.135. The molecule has 0 radical (unpaired) electrons. The van der Waals surface area contributed by atoms with Crippen molar-refractivity contribution in [2.45, 2.75) is 6.92 Å². The maximum Gasteiger partial charge on any atom is 0.295 e. The quantitative estimate of drug-likeness (QED) is 0.591. The van der Waals surface area contributed by atoms with Crippen molar-refractivity contribution >= 4 is 11.8 Å². The monoisotopic (exact) mass is 223 g/mol. The molecule has 0 saturated carbocycles. The molecule has 88 valence electrons. The molecule has 0 aromatic carbocycles. The number of nitrogens with zero attached hydrogens (tertiary/aromatic N) is 1. The molecule has 2 amide bonds. The second kappa shape index (κ2) is 6.13. The Morgan fingerprint density at radius 2 is 2.12 bits per heavy atom. The lowest BCUT2D eigenvalue weighted by Crippen LogP contribution is -2.49. The molecule has 0 bridgehead atoms. The Hall–Kier alpha value is -1.54. The van der Waals surface area contributed by atoms with E-state index in [1.54, 1.807) is 6.92 Å². The summed E-state index contributed by atoms with van der Waals surface area (Å²) in [5.41, 5.74) is 0. The topological polar surface area (TPSA) is 61.4 Å². The third-order valence-electron chi connectivity index (χ3n) is 2.55. The van der Waals surface area contributed by atoms with Crippen LogP contribution in [0.1, 0.15) is 6.92 Å². The van der Waals surface area contributed by atoms with Crippen molar-refractivity contribution in [3.8, 4) is 12.3 Å². The number of rotatable bonds is 3. The highest BCUT2D eigenvalue weighted by Gasteiger charge is 2.21. The molecule has 1 unspecified atom stereocenters. The zero-order valence-corrected chi connectivity index (χ0v) is 9.45. The number of terminal acetylenes is 1. The van der Waals surface area contributed by atoms with Gasteiger partial charge in [-0.2, -0.15) is 0 Å². The van der Waals surface area contributed by atoms with Gasteiger partial charge in [0, 0.05) is 32.7 Å². The molecule has 0 aromatic rings. The van der Waals surface area contributed by atoms with Crippen molar-refractivity contribution in [2.24, 2.45) is 5.92 Å². The van der Waals surface area contributed by atoms with E-state index in [2.05, 4.69) is 10.6 Å². The third-order valence-corrected chi connectivity index (χ3v) is 2.55. The van der Waals surface area contributed by atoms with Crippen molar-refractivity contribution in [1.29, 1.82) is 0 Å². The summed E-state index contributed by atoms with van der Waals surface area (Å²) in [5.74, 6) is 1.32. The van der Waals surface area contributed by atoms with Crippen LogP contribution in [-0.2, 0) is 9.59 Å². The molecule has 0 aromatic heterocycles. The average Bonchev–Trinajstić information content (AvgIpc) is 2.35. The van der Waals surface area contributed by atoms with Gasteiger partial charge in [-0.25, -0.2) is 0 Å². The number of piperazine rings is 1. The smallest absolute Gasteiger partial charge is 0.295 e. The molecule has 2 N–H and O–H groups in total. The fourth-order valence-corrected chi connectivity index (χ4v) is 1.58. The first-order chi connectivity index (χ1) is 7.65. The van der Waals surface area contributed by atoms with Crippen molar-refractivity contribution in [2.75, 3.05) is 32.7 Å². The standard InChI is InChI=1S/C11H17N3O2/c1-3-10(15)13-8-9(2)11(16)14-6-4-12-5-7-14/h1,9,12H,4-8H2,2H3,(H,13,15). The van der Waals surface area contributed by atoms with Crippen LogP contribution in [0.25, 0.3) is 0 Å². The van der Waals surface area contributed by atoms with E-state index in [9.17, 15) is 9.59 Å². The summed E-state index contributed by atoms with van der Waals surface area (Å²) in [5, 5.41) is 5.69. The van der Waals surface area contributed by atoms with Gasteiger partial charge in [-0.15, -0.1) is 6.42 Å². The maximum atomic E-state index is 11.9. The Balaban J connectivity index is 2.35. The Morgan fingerprint density at radius 1 is 1.50 bits per heavy atom. The average molecular weight is 223 g/mol. The normalized spacial score (nSPS) is 17.4. The minimum Gasteiger partial charge on any atom is -0.344 e. The van der Waals surface area contributed by atoms with Crippen LogP contribution in [-0.4, -0.2) is 49.4 Å². The number of nitrogens with one attached hydrogen (secondary N) is 2. The molecule has 16 heavy (non-hydrogen) atoms. The van der Waals surface area contributed by atoms with Crippen molar-refractivity contribution < 1.29 is 9.59 Å². The number of carbonyl (C=O) groups is 2. The zero-order valence-electron chi connectivity index (χ0n) is 9.45. The van der Waals surface area contributed by atoms with Gasteiger partial charge in [0.15, 0.2) is 0 Å². The third kappa shape index (κ3) is 3.55. The van der Waals surface area contributed by atoms with Gasteiger partial charge in [-0.3, -0.25) is 9.59 Å². The SMILES string of the molecule is C#CC(=O)NCC(C)C(=O)N1CCNCC1. The Morgan fingerprint density at radius 3 is 2.69 bits per heavy atom. The largest absolute Gasteiger partial charge is 0.344 e. The van der Waals surface area contributed by atoms with E-state index in [-0.39, 0.29) is 11.8 Å². The summed E-state index contributed by atoms with van der Waals surface area (Å²) in [6.45, 7) is 5.20. The molecular weight excluding hydrogens is 206 g/mol. The molecule has 5 heteroatoms. The predicted molar refractivity (Wildman–Crippen MR) is 60.5 cm³/mol. The van der Waals surface area contributed by atoms with Crippen LogP contribution in [0.3, 0.4) is 0 Å². The van der Waals surface area contributed by atoms with Crippen molar-refractivity contribution in [3.05, 3.63) is 0 Å². The molecule has 1 saturated heterocycles. The van der Waals surface area contributed by atoms with Crippen LogP contribution in [0, 0.1) is 18.3 Å². The fraction of sp³-hybridized carbons (Fsp3) is 0.636. The van der Waals surface area contributed by atoms with E-state index in [1.165, 1.54) is 0 Å². The van der Waals surface area contributed by atoms with Crippen LogP contribution in [0.4, 0.5) is 0 Å². The Bertz CT molecular complexity index is 303. The summed E-state index contributed by atoms with van der Waals surface area (Å²) in [7, 11) is 0.